The third-order valence-corrected chi connectivity index (χ3v) is 13.7. The summed E-state index contributed by atoms with van der Waals surface area (Å²) in [6, 6.07) is 74.3. The maximum Gasteiger partial charge on any atom is 0.160 e. The zero-order valence-corrected chi connectivity index (χ0v) is 35.4. The van der Waals surface area contributed by atoms with Crippen LogP contribution in [-0.2, 0) is 5.41 Å². The zero-order chi connectivity index (χ0) is 42.5. The van der Waals surface area contributed by atoms with E-state index >= 15 is 0 Å². The number of benzene rings is 10. The average molecular weight is 817 g/mol. The molecule has 12 aromatic rings. The molecule has 2 heterocycles. The molecule has 0 atom stereocenters. The Balaban J connectivity index is 0.992. The van der Waals surface area contributed by atoms with Crippen molar-refractivity contribution in [2.24, 2.45) is 0 Å². The second kappa shape index (κ2) is 13.9. The van der Waals surface area contributed by atoms with E-state index in [1.54, 1.807) is 0 Å². The van der Waals surface area contributed by atoms with Crippen LogP contribution in [0.4, 0.5) is 0 Å². The highest BCUT2D eigenvalue weighted by Gasteiger charge is 2.37. The molecule has 13 rings (SSSR count). The van der Waals surface area contributed by atoms with Gasteiger partial charge in [-0.1, -0.05) is 184 Å². The first kappa shape index (κ1) is 36.5. The smallest absolute Gasteiger partial charge is 0.160 e. The van der Waals surface area contributed by atoms with Crippen molar-refractivity contribution >= 4 is 54.3 Å². The van der Waals surface area contributed by atoms with E-state index in [9.17, 15) is 0 Å². The van der Waals surface area contributed by atoms with Crippen molar-refractivity contribution in [3.63, 3.8) is 0 Å². The van der Waals surface area contributed by atoms with Gasteiger partial charge >= 0.3 is 0 Å². The van der Waals surface area contributed by atoms with Crippen LogP contribution >= 0.6 is 0 Å². The summed E-state index contributed by atoms with van der Waals surface area (Å²) in [6.45, 7) is 4.70. The van der Waals surface area contributed by atoms with Crippen LogP contribution in [0.15, 0.2) is 211 Å². The van der Waals surface area contributed by atoms with Crippen LogP contribution in [-0.4, -0.2) is 9.97 Å². The molecule has 0 saturated carbocycles. The molecule has 300 valence electrons. The standard InChI is InChI=1S/C61H40N2O/c1-61(2)52-26-14-25-49(58(52)50-33-39-18-6-7-19-40(39)35-53(50)61)55-36-54(62-60(63-55)38-16-4-3-5-17-38)48-30-29-47(45-23-12-13-24-46(45)48)44-22-11-10-20-42(44)41-28-31-56-51(34-41)59-43-21-9-8-15-37(43)27-32-57(59)64-56/h3-36H,1-2H3. The number of hydrogen-bond acceptors (Lipinski definition) is 3. The number of furan rings is 1. The van der Waals surface area contributed by atoms with Crippen LogP contribution in [0.5, 0.6) is 0 Å². The van der Waals surface area contributed by atoms with Crippen molar-refractivity contribution in [2.45, 2.75) is 19.3 Å². The Hall–Kier alpha value is -8.14. The minimum atomic E-state index is -0.169. The SMILES string of the molecule is CC1(C)c2cc3ccccc3cc2-c2c(-c3cc(-c4ccc(-c5ccccc5-c5ccc6oc7ccc8ccccc8c7c6c5)c5ccccc45)nc(-c4ccccc4)n3)cccc21. The molecule has 0 bridgehead atoms. The summed E-state index contributed by atoms with van der Waals surface area (Å²) in [7, 11) is 0. The van der Waals surface area contributed by atoms with Gasteiger partial charge in [0.25, 0.3) is 0 Å². The first-order valence-electron chi connectivity index (χ1n) is 22.1. The maximum absolute atomic E-state index is 6.40. The average Bonchev–Trinajstić information content (AvgIpc) is 3.84. The van der Waals surface area contributed by atoms with Gasteiger partial charge in [0.05, 0.1) is 11.4 Å². The maximum atomic E-state index is 6.40. The Bertz CT molecular complexity index is 3880. The lowest BCUT2D eigenvalue weighted by Gasteiger charge is -2.22. The molecule has 0 unspecified atom stereocenters. The summed E-state index contributed by atoms with van der Waals surface area (Å²) in [5, 5.41) is 9.49. The first-order chi connectivity index (χ1) is 31.5. The lowest BCUT2D eigenvalue weighted by atomic mass is 9.81. The number of rotatable bonds is 5. The van der Waals surface area contributed by atoms with Crippen LogP contribution in [0, 0.1) is 0 Å². The van der Waals surface area contributed by atoms with E-state index in [0.29, 0.717) is 5.82 Å². The largest absolute Gasteiger partial charge is 0.456 e. The molecule has 0 saturated heterocycles. The summed E-state index contributed by atoms with van der Waals surface area (Å²) in [5.74, 6) is 0.704. The second-order valence-electron chi connectivity index (χ2n) is 17.7. The minimum absolute atomic E-state index is 0.169. The van der Waals surface area contributed by atoms with E-state index in [-0.39, 0.29) is 5.41 Å². The van der Waals surface area contributed by atoms with Gasteiger partial charge in [0.1, 0.15) is 11.2 Å². The molecule has 0 N–H and O–H groups in total. The lowest BCUT2D eigenvalue weighted by Crippen LogP contribution is -2.14. The molecular formula is C61H40N2O. The van der Waals surface area contributed by atoms with Gasteiger partial charge in [-0.3, -0.25) is 0 Å². The Morgan fingerprint density at radius 1 is 0.359 bits per heavy atom. The van der Waals surface area contributed by atoms with Gasteiger partial charge in [-0.2, -0.15) is 0 Å². The molecule has 1 aliphatic rings. The van der Waals surface area contributed by atoms with Gasteiger partial charge in [0.15, 0.2) is 5.82 Å². The summed E-state index contributed by atoms with van der Waals surface area (Å²) in [6.07, 6.45) is 0. The van der Waals surface area contributed by atoms with Crippen LogP contribution in [0.2, 0.25) is 0 Å². The van der Waals surface area contributed by atoms with E-state index in [0.717, 1.165) is 66.4 Å². The van der Waals surface area contributed by atoms with E-state index in [1.165, 1.54) is 60.5 Å². The molecular weight excluding hydrogens is 777 g/mol. The van der Waals surface area contributed by atoms with Gasteiger partial charge in [0, 0.05) is 32.9 Å². The fraction of sp³-hybridized carbons (Fsp3) is 0.0492. The lowest BCUT2D eigenvalue weighted by molar-refractivity contribution is 0.661. The Morgan fingerprint density at radius 2 is 0.984 bits per heavy atom. The molecule has 0 aliphatic heterocycles. The van der Waals surface area contributed by atoms with Crippen LogP contribution in [0.3, 0.4) is 0 Å². The Morgan fingerprint density at radius 3 is 1.80 bits per heavy atom. The predicted molar refractivity (Wildman–Crippen MR) is 267 cm³/mol. The molecule has 0 fully saturated rings. The van der Waals surface area contributed by atoms with Crippen molar-refractivity contribution in [1.29, 1.82) is 0 Å². The zero-order valence-electron chi connectivity index (χ0n) is 35.4. The topological polar surface area (TPSA) is 38.9 Å². The number of aromatic nitrogens is 2. The van der Waals surface area contributed by atoms with Crippen molar-refractivity contribution < 1.29 is 4.42 Å². The van der Waals surface area contributed by atoms with Crippen molar-refractivity contribution in [2.75, 3.05) is 0 Å². The number of nitrogens with zero attached hydrogens (tertiary/aromatic N) is 2. The van der Waals surface area contributed by atoms with Crippen molar-refractivity contribution in [3.05, 3.63) is 217 Å². The highest BCUT2D eigenvalue weighted by atomic mass is 16.3. The summed E-state index contributed by atoms with van der Waals surface area (Å²) >= 11 is 0. The van der Waals surface area contributed by atoms with E-state index in [4.69, 9.17) is 14.4 Å². The van der Waals surface area contributed by atoms with E-state index in [1.807, 2.05) is 6.07 Å². The molecule has 3 heteroatoms. The van der Waals surface area contributed by atoms with Crippen molar-refractivity contribution in [1.82, 2.24) is 9.97 Å². The molecule has 0 amide bonds. The quantitative estimate of drug-likeness (QED) is 0.174. The van der Waals surface area contributed by atoms with Gasteiger partial charge in [0.2, 0.25) is 0 Å². The third-order valence-electron chi connectivity index (χ3n) is 13.7. The highest BCUT2D eigenvalue weighted by molar-refractivity contribution is 6.19. The molecule has 0 spiro atoms. The van der Waals surface area contributed by atoms with Gasteiger partial charge in [-0.05, 0) is 113 Å². The molecule has 2 aromatic heterocycles. The second-order valence-corrected chi connectivity index (χ2v) is 17.7. The fourth-order valence-corrected chi connectivity index (χ4v) is 10.6. The van der Waals surface area contributed by atoms with Crippen LogP contribution in [0.25, 0.3) is 122 Å². The van der Waals surface area contributed by atoms with Gasteiger partial charge in [-0.15, -0.1) is 0 Å². The molecule has 3 nitrogen and oxygen atoms in total. The Kier molecular flexibility index (Phi) is 7.95. The Labute approximate surface area is 371 Å². The molecule has 0 radical (unpaired) electrons. The molecule has 10 aromatic carbocycles. The predicted octanol–water partition coefficient (Wildman–Crippen LogP) is 16.5. The summed E-state index contributed by atoms with van der Waals surface area (Å²) in [4.78, 5) is 10.8. The summed E-state index contributed by atoms with van der Waals surface area (Å²) in [5.41, 5.74) is 16.4. The number of fused-ring (bicyclic) bond motifs is 10. The first-order valence-corrected chi connectivity index (χ1v) is 22.1. The highest BCUT2D eigenvalue weighted by Crippen LogP contribution is 2.53. The van der Waals surface area contributed by atoms with Crippen molar-refractivity contribution in [3.8, 4) is 67.3 Å². The fourth-order valence-electron chi connectivity index (χ4n) is 10.6. The normalized spacial score (nSPS) is 13.0. The number of hydrogen-bond donors (Lipinski definition) is 0. The van der Waals surface area contributed by atoms with Crippen LogP contribution in [0.1, 0.15) is 25.0 Å². The minimum Gasteiger partial charge on any atom is -0.456 e. The van der Waals surface area contributed by atoms with Gasteiger partial charge < -0.3 is 4.42 Å². The third kappa shape index (κ3) is 5.54. The molecule has 1 aliphatic carbocycles. The monoisotopic (exact) mass is 816 g/mol. The van der Waals surface area contributed by atoms with E-state index < -0.39 is 0 Å². The summed E-state index contributed by atoms with van der Waals surface area (Å²) < 4.78 is 6.40. The molecule has 64 heavy (non-hydrogen) atoms. The van der Waals surface area contributed by atoms with E-state index in [2.05, 4.69) is 214 Å². The van der Waals surface area contributed by atoms with Crippen LogP contribution < -0.4 is 0 Å². The van der Waals surface area contributed by atoms with Gasteiger partial charge in [-0.25, -0.2) is 9.97 Å².